The maximum atomic E-state index is 12.5. The van der Waals surface area contributed by atoms with Crippen molar-refractivity contribution < 1.29 is 16.8 Å². The first-order valence-electron chi connectivity index (χ1n) is 10.8. The van der Waals surface area contributed by atoms with Gasteiger partial charge in [0.2, 0.25) is 0 Å². The number of nitrogens with zero attached hydrogens (tertiary/aromatic N) is 5. The van der Waals surface area contributed by atoms with Crippen molar-refractivity contribution in [2.45, 2.75) is 9.79 Å². The van der Waals surface area contributed by atoms with Crippen molar-refractivity contribution in [3.63, 3.8) is 0 Å². The highest BCUT2D eigenvalue weighted by Crippen LogP contribution is 2.24. The molecule has 0 saturated carbocycles. The molecule has 6 aromatic rings. The predicted molar refractivity (Wildman–Crippen MR) is 150 cm³/mol. The van der Waals surface area contributed by atoms with Crippen LogP contribution in [0.2, 0.25) is 10.3 Å². The molecule has 6 rings (SSSR count). The third-order valence-electron chi connectivity index (χ3n) is 5.03. The van der Waals surface area contributed by atoms with E-state index in [1.807, 2.05) is 6.07 Å². The average Bonchev–Trinajstić information content (AvgIpc) is 3.59. The molecule has 4 heterocycles. The first kappa shape index (κ1) is 28.5. The molecule has 39 heavy (non-hydrogen) atoms. The summed E-state index contributed by atoms with van der Waals surface area (Å²) in [5.74, 6) is 0. The summed E-state index contributed by atoms with van der Waals surface area (Å²) in [6.07, 6.45) is 5.88. The number of hydrogen-bond donors (Lipinski definition) is 1. The van der Waals surface area contributed by atoms with Crippen LogP contribution >= 0.6 is 33.9 Å². The van der Waals surface area contributed by atoms with E-state index in [4.69, 9.17) is 33.9 Å². The minimum absolute atomic E-state index is 0.136. The van der Waals surface area contributed by atoms with Crippen LogP contribution in [0.5, 0.6) is 0 Å². The topological polar surface area (TPSA) is 141 Å². The van der Waals surface area contributed by atoms with Gasteiger partial charge in [-0.25, -0.2) is 40.7 Å². The second-order valence-corrected chi connectivity index (χ2v) is 12.6. The van der Waals surface area contributed by atoms with Gasteiger partial charge < -0.3 is 4.98 Å². The largest absolute Gasteiger partial charge is 0.346 e. The van der Waals surface area contributed by atoms with Gasteiger partial charge in [0, 0.05) is 23.1 Å². The van der Waals surface area contributed by atoms with Crippen molar-refractivity contribution in [1.82, 2.24) is 28.9 Å². The van der Waals surface area contributed by atoms with Crippen molar-refractivity contribution >= 4 is 75.0 Å². The molecule has 200 valence electrons. The third-order valence-corrected chi connectivity index (χ3v) is 8.68. The summed E-state index contributed by atoms with van der Waals surface area (Å²) in [4.78, 5) is 18.8. The highest BCUT2D eigenvalue weighted by molar-refractivity contribution is 8.13. The summed E-state index contributed by atoms with van der Waals surface area (Å²) in [6, 6.07) is 19.4. The lowest BCUT2D eigenvalue weighted by Crippen LogP contribution is -2.12. The quantitative estimate of drug-likeness (QED) is 0.200. The van der Waals surface area contributed by atoms with Gasteiger partial charge in [-0.15, -0.1) is 0 Å². The van der Waals surface area contributed by atoms with Crippen molar-refractivity contribution in [3.05, 3.63) is 108 Å². The molecule has 0 aliphatic rings. The SMILES string of the molecule is Clc1ncnc2[nH]ccc12.O=S(=O)(Cl)c1ccccc1.O=S(=O)(c1ccccc1)n1ccc2c(Cl)ncnc21. The van der Waals surface area contributed by atoms with Crippen LogP contribution in [0, 0.1) is 0 Å². The van der Waals surface area contributed by atoms with E-state index in [1.54, 1.807) is 48.7 Å². The molecule has 10 nitrogen and oxygen atoms in total. The van der Waals surface area contributed by atoms with Gasteiger partial charge in [-0.3, -0.25) is 0 Å². The molecule has 0 radical (unpaired) electrons. The fraction of sp³-hybridized carbons (Fsp3) is 0. The van der Waals surface area contributed by atoms with Crippen LogP contribution in [-0.4, -0.2) is 45.7 Å². The molecule has 2 aromatic carbocycles. The monoisotopic (exact) mass is 622 g/mol. The number of fused-ring (bicyclic) bond motifs is 2. The van der Waals surface area contributed by atoms with E-state index in [0.717, 1.165) is 15.0 Å². The number of aromatic nitrogens is 6. The van der Waals surface area contributed by atoms with Gasteiger partial charge in [0.05, 0.1) is 20.6 Å². The lowest BCUT2D eigenvalue weighted by Gasteiger charge is -2.06. The number of halogens is 3. The Hall–Kier alpha value is -3.55. The molecular formula is C24H17Cl3N6O4S2. The van der Waals surface area contributed by atoms with E-state index in [2.05, 4.69) is 24.9 Å². The Morgan fingerprint density at radius 2 is 1.23 bits per heavy atom. The van der Waals surface area contributed by atoms with E-state index < -0.39 is 19.1 Å². The molecule has 0 saturated heterocycles. The minimum atomic E-state index is -3.67. The van der Waals surface area contributed by atoms with Crippen LogP contribution in [-0.2, 0) is 19.1 Å². The summed E-state index contributed by atoms with van der Waals surface area (Å²) in [5, 5.41) is 2.09. The minimum Gasteiger partial charge on any atom is -0.346 e. The van der Waals surface area contributed by atoms with Crippen LogP contribution in [0.15, 0.2) is 108 Å². The first-order valence-corrected chi connectivity index (χ1v) is 15.3. The highest BCUT2D eigenvalue weighted by Gasteiger charge is 2.20. The standard InChI is InChI=1S/C12H8ClN3O2S.C6H4ClN3.C6H5ClO2S/c13-11-10-6-7-16(12(10)15-8-14-11)19(17,18)9-4-2-1-3-5-9;7-5-4-1-2-8-6(4)10-3-9-5;7-10(8,9)6-4-2-1-3-5-6/h1-8H;1-3H,(H,8,9,10);1-5H. The molecule has 0 aliphatic carbocycles. The molecule has 0 unspecified atom stereocenters. The lowest BCUT2D eigenvalue weighted by atomic mass is 10.4. The summed E-state index contributed by atoms with van der Waals surface area (Å²) in [6.45, 7) is 0. The van der Waals surface area contributed by atoms with Gasteiger partial charge in [0.25, 0.3) is 19.1 Å². The normalized spacial score (nSPS) is 11.4. The van der Waals surface area contributed by atoms with Gasteiger partial charge in [-0.1, -0.05) is 59.6 Å². The van der Waals surface area contributed by atoms with Gasteiger partial charge in [-0.05, 0) is 36.4 Å². The fourth-order valence-corrected chi connectivity index (χ4v) is 5.72. The predicted octanol–water partition coefficient (Wildman–Crippen LogP) is 5.55. The van der Waals surface area contributed by atoms with Gasteiger partial charge in [0.1, 0.15) is 28.6 Å². The van der Waals surface area contributed by atoms with Crippen molar-refractivity contribution in [2.75, 3.05) is 0 Å². The molecule has 15 heteroatoms. The number of nitrogens with one attached hydrogen (secondary N) is 1. The van der Waals surface area contributed by atoms with E-state index in [-0.39, 0.29) is 20.6 Å². The maximum absolute atomic E-state index is 12.5. The number of hydrogen-bond acceptors (Lipinski definition) is 8. The zero-order chi connectivity index (χ0) is 28.0. The van der Waals surface area contributed by atoms with E-state index in [9.17, 15) is 16.8 Å². The summed E-state index contributed by atoms with van der Waals surface area (Å²) in [5.41, 5.74) is 1.05. The fourth-order valence-electron chi connectivity index (χ4n) is 3.22. The smallest absolute Gasteiger partial charge is 0.269 e. The van der Waals surface area contributed by atoms with Crippen LogP contribution in [0.1, 0.15) is 0 Å². The van der Waals surface area contributed by atoms with Crippen molar-refractivity contribution in [1.29, 1.82) is 0 Å². The molecule has 0 amide bonds. The number of benzene rings is 2. The second-order valence-electron chi connectivity index (χ2n) is 7.49. The van der Waals surface area contributed by atoms with Gasteiger partial charge >= 0.3 is 0 Å². The van der Waals surface area contributed by atoms with E-state index in [0.29, 0.717) is 10.5 Å². The Balaban J connectivity index is 0.000000149. The molecule has 0 aliphatic heterocycles. The van der Waals surface area contributed by atoms with Crippen LogP contribution in [0.4, 0.5) is 0 Å². The summed E-state index contributed by atoms with van der Waals surface area (Å²) >= 11 is 11.6. The van der Waals surface area contributed by atoms with Crippen molar-refractivity contribution in [2.24, 2.45) is 0 Å². The van der Waals surface area contributed by atoms with E-state index >= 15 is 0 Å². The van der Waals surface area contributed by atoms with Crippen LogP contribution in [0.3, 0.4) is 0 Å². The second kappa shape index (κ2) is 12.1. The molecular weight excluding hydrogens is 607 g/mol. The maximum Gasteiger partial charge on any atom is 0.269 e. The molecule has 1 N–H and O–H groups in total. The van der Waals surface area contributed by atoms with Gasteiger partial charge in [-0.2, -0.15) is 0 Å². The Labute approximate surface area is 237 Å². The molecule has 0 atom stereocenters. The Morgan fingerprint density at radius 1 is 0.667 bits per heavy atom. The van der Waals surface area contributed by atoms with Crippen molar-refractivity contribution in [3.8, 4) is 0 Å². The highest BCUT2D eigenvalue weighted by atomic mass is 35.7. The number of H-pyrrole nitrogens is 1. The molecule has 0 fully saturated rings. The number of aromatic amines is 1. The zero-order valence-corrected chi connectivity index (χ0v) is 23.5. The van der Waals surface area contributed by atoms with Gasteiger partial charge in [0.15, 0.2) is 5.65 Å². The van der Waals surface area contributed by atoms with Crippen LogP contribution in [0.25, 0.3) is 22.1 Å². The Kier molecular flexibility index (Phi) is 8.83. The molecule has 4 aromatic heterocycles. The molecule has 0 bridgehead atoms. The summed E-state index contributed by atoms with van der Waals surface area (Å²) in [7, 11) is -2.17. The van der Waals surface area contributed by atoms with E-state index in [1.165, 1.54) is 43.1 Å². The van der Waals surface area contributed by atoms with Crippen LogP contribution < -0.4 is 0 Å². The molecule has 0 spiro atoms. The Morgan fingerprint density at radius 3 is 1.79 bits per heavy atom. The first-order chi connectivity index (χ1) is 18.6. The average molecular weight is 624 g/mol. The number of rotatable bonds is 3. The lowest BCUT2D eigenvalue weighted by molar-refractivity contribution is 0.588. The zero-order valence-electron chi connectivity index (χ0n) is 19.6. The summed E-state index contributed by atoms with van der Waals surface area (Å²) < 4.78 is 47.3. The third kappa shape index (κ3) is 6.72. The Bertz CT molecular complexity index is 1930.